The molecule has 2 rings (SSSR count). The molecule has 1 aromatic carbocycles. The summed E-state index contributed by atoms with van der Waals surface area (Å²) < 4.78 is 1.06. The summed E-state index contributed by atoms with van der Waals surface area (Å²) in [5.74, 6) is 1.89. The lowest BCUT2D eigenvalue weighted by molar-refractivity contribution is -0.0371. The zero-order valence-electron chi connectivity index (χ0n) is 11.5. The molecular formula is C16H23BrO. The summed E-state index contributed by atoms with van der Waals surface area (Å²) in [5.41, 5.74) is 0.340. The number of benzene rings is 1. The molecule has 18 heavy (non-hydrogen) atoms. The topological polar surface area (TPSA) is 20.2 Å². The molecule has 0 saturated heterocycles. The van der Waals surface area contributed by atoms with Crippen LogP contribution in [0.2, 0.25) is 0 Å². The molecule has 2 heteroatoms. The third-order valence-corrected chi connectivity index (χ3v) is 5.35. The summed E-state index contributed by atoms with van der Waals surface area (Å²) in [5, 5.41) is 10.9. The van der Waals surface area contributed by atoms with Gasteiger partial charge in [-0.25, -0.2) is 0 Å². The molecular weight excluding hydrogens is 288 g/mol. The van der Waals surface area contributed by atoms with Gasteiger partial charge in [0.1, 0.15) is 0 Å². The van der Waals surface area contributed by atoms with Gasteiger partial charge in [0.2, 0.25) is 0 Å². The first-order valence-electron chi connectivity index (χ1n) is 6.89. The predicted octanol–water partition coefficient (Wildman–Crippen LogP) is 4.73. The Morgan fingerprint density at radius 2 is 1.72 bits per heavy atom. The maximum Gasteiger partial charge on any atom is 0.0896 e. The summed E-state index contributed by atoms with van der Waals surface area (Å²) in [6.07, 6.45) is 3.50. The standard InChI is InChI=1S/C16H23BrO/c1-11-4-5-14(10-12(11)2)16(3,18)13-6-8-15(17)9-7-13/h6-9,11-12,14,18H,4-5,10H2,1-3H3. The SMILES string of the molecule is CC1CCC(C(C)(O)c2ccc(Br)cc2)CC1C. The molecule has 0 aromatic heterocycles. The van der Waals surface area contributed by atoms with Crippen molar-refractivity contribution in [1.82, 2.24) is 0 Å². The lowest BCUT2D eigenvalue weighted by Gasteiger charge is -2.40. The third-order valence-electron chi connectivity index (χ3n) is 4.82. The molecule has 0 radical (unpaired) electrons. The second-order valence-electron chi connectivity index (χ2n) is 6.12. The van der Waals surface area contributed by atoms with Gasteiger partial charge in [-0.05, 0) is 55.2 Å². The molecule has 4 unspecified atom stereocenters. The molecule has 1 N–H and O–H groups in total. The van der Waals surface area contributed by atoms with Crippen molar-refractivity contribution >= 4 is 15.9 Å². The van der Waals surface area contributed by atoms with Crippen LogP contribution >= 0.6 is 15.9 Å². The Kier molecular flexibility index (Phi) is 4.18. The lowest BCUT2D eigenvalue weighted by Crippen LogP contribution is -2.36. The van der Waals surface area contributed by atoms with Gasteiger partial charge in [0.05, 0.1) is 5.60 Å². The van der Waals surface area contributed by atoms with Crippen molar-refractivity contribution in [1.29, 1.82) is 0 Å². The van der Waals surface area contributed by atoms with Crippen LogP contribution in [0.25, 0.3) is 0 Å². The first-order valence-corrected chi connectivity index (χ1v) is 7.69. The summed E-state index contributed by atoms with van der Waals surface area (Å²) in [6, 6.07) is 8.09. The number of aliphatic hydroxyl groups is 1. The second-order valence-corrected chi connectivity index (χ2v) is 7.03. The molecule has 1 aliphatic rings. The van der Waals surface area contributed by atoms with Crippen molar-refractivity contribution in [3.8, 4) is 0 Å². The monoisotopic (exact) mass is 310 g/mol. The van der Waals surface area contributed by atoms with Gasteiger partial charge in [-0.2, -0.15) is 0 Å². The predicted molar refractivity (Wildman–Crippen MR) is 79.4 cm³/mol. The maximum atomic E-state index is 10.9. The summed E-state index contributed by atoms with van der Waals surface area (Å²) in [6.45, 7) is 6.62. The van der Waals surface area contributed by atoms with E-state index in [0.717, 1.165) is 28.8 Å². The molecule has 4 atom stereocenters. The molecule has 0 aliphatic heterocycles. The largest absolute Gasteiger partial charge is 0.385 e. The van der Waals surface area contributed by atoms with E-state index in [0.29, 0.717) is 11.8 Å². The van der Waals surface area contributed by atoms with E-state index in [1.54, 1.807) is 0 Å². The molecule has 1 aromatic rings. The van der Waals surface area contributed by atoms with Gasteiger partial charge in [0, 0.05) is 4.47 Å². The van der Waals surface area contributed by atoms with Crippen LogP contribution in [0.1, 0.15) is 45.6 Å². The van der Waals surface area contributed by atoms with Gasteiger partial charge in [-0.15, -0.1) is 0 Å². The van der Waals surface area contributed by atoms with Gasteiger partial charge < -0.3 is 5.11 Å². The van der Waals surface area contributed by atoms with Crippen molar-refractivity contribution in [3.63, 3.8) is 0 Å². The van der Waals surface area contributed by atoms with Gasteiger partial charge in [0.15, 0.2) is 0 Å². The van der Waals surface area contributed by atoms with E-state index >= 15 is 0 Å². The van der Waals surface area contributed by atoms with Crippen molar-refractivity contribution < 1.29 is 5.11 Å². The van der Waals surface area contributed by atoms with Crippen molar-refractivity contribution in [2.45, 2.75) is 45.6 Å². The van der Waals surface area contributed by atoms with Gasteiger partial charge >= 0.3 is 0 Å². The molecule has 0 spiro atoms. The Balaban J connectivity index is 2.17. The first kappa shape index (κ1) is 14.1. The fourth-order valence-electron chi connectivity index (χ4n) is 3.08. The van der Waals surface area contributed by atoms with E-state index in [2.05, 4.69) is 29.8 Å². The lowest BCUT2D eigenvalue weighted by atomic mass is 9.68. The molecule has 1 aliphatic carbocycles. The van der Waals surface area contributed by atoms with Crippen molar-refractivity contribution in [2.24, 2.45) is 17.8 Å². The van der Waals surface area contributed by atoms with E-state index in [1.165, 1.54) is 6.42 Å². The summed E-state index contributed by atoms with van der Waals surface area (Å²) in [4.78, 5) is 0. The minimum Gasteiger partial charge on any atom is -0.385 e. The third kappa shape index (κ3) is 2.80. The summed E-state index contributed by atoms with van der Waals surface area (Å²) >= 11 is 3.44. The molecule has 0 amide bonds. The average molecular weight is 311 g/mol. The molecule has 1 fully saturated rings. The van der Waals surface area contributed by atoms with Crippen LogP contribution in [0.3, 0.4) is 0 Å². The van der Waals surface area contributed by atoms with Gasteiger partial charge in [-0.3, -0.25) is 0 Å². The molecule has 1 saturated carbocycles. The quantitative estimate of drug-likeness (QED) is 0.837. The van der Waals surface area contributed by atoms with E-state index in [1.807, 2.05) is 31.2 Å². The Labute approximate surface area is 119 Å². The number of halogens is 1. The fraction of sp³-hybridized carbons (Fsp3) is 0.625. The highest BCUT2D eigenvalue weighted by molar-refractivity contribution is 9.10. The average Bonchev–Trinajstić information content (AvgIpc) is 2.33. The van der Waals surface area contributed by atoms with Crippen molar-refractivity contribution in [2.75, 3.05) is 0 Å². The number of hydrogen-bond donors (Lipinski definition) is 1. The van der Waals surface area contributed by atoms with E-state index in [4.69, 9.17) is 0 Å². The molecule has 100 valence electrons. The normalized spacial score (nSPS) is 31.9. The van der Waals surface area contributed by atoms with Crippen LogP contribution in [-0.4, -0.2) is 5.11 Å². The fourth-order valence-corrected chi connectivity index (χ4v) is 3.35. The zero-order chi connectivity index (χ0) is 13.3. The van der Waals surface area contributed by atoms with Gasteiger partial charge in [-0.1, -0.05) is 48.3 Å². The molecule has 1 nitrogen and oxygen atoms in total. The summed E-state index contributed by atoms with van der Waals surface area (Å²) in [7, 11) is 0. The molecule has 0 bridgehead atoms. The first-order chi connectivity index (χ1) is 8.41. The number of rotatable bonds is 2. The van der Waals surface area contributed by atoms with Crippen molar-refractivity contribution in [3.05, 3.63) is 34.3 Å². The highest BCUT2D eigenvalue weighted by Gasteiger charge is 2.37. The highest BCUT2D eigenvalue weighted by Crippen LogP contribution is 2.43. The highest BCUT2D eigenvalue weighted by atomic mass is 79.9. The minimum atomic E-state index is -0.699. The minimum absolute atomic E-state index is 0.380. The molecule has 0 heterocycles. The Bertz CT molecular complexity index is 396. The van der Waals surface area contributed by atoms with Crippen LogP contribution in [0.15, 0.2) is 28.7 Å². The van der Waals surface area contributed by atoms with Crippen LogP contribution in [0.4, 0.5) is 0 Å². The zero-order valence-corrected chi connectivity index (χ0v) is 13.1. The van der Waals surface area contributed by atoms with Crippen LogP contribution in [0, 0.1) is 17.8 Å². The van der Waals surface area contributed by atoms with Crippen LogP contribution in [0.5, 0.6) is 0 Å². The van der Waals surface area contributed by atoms with E-state index < -0.39 is 5.60 Å². The Morgan fingerprint density at radius 1 is 1.11 bits per heavy atom. The van der Waals surface area contributed by atoms with Crippen LogP contribution in [-0.2, 0) is 5.60 Å². The van der Waals surface area contributed by atoms with E-state index in [9.17, 15) is 5.11 Å². The maximum absolute atomic E-state index is 10.9. The van der Waals surface area contributed by atoms with Crippen LogP contribution < -0.4 is 0 Å². The number of hydrogen-bond acceptors (Lipinski definition) is 1. The smallest absolute Gasteiger partial charge is 0.0896 e. The second kappa shape index (κ2) is 5.34. The Morgan fingerprint density at radius 3 is 2.28 bits per heavy atom. The Hall–Kier alpha value is -0.340. The van der Waals surface area contributed by atoms with Gasteiger partial charge in [0.25, 0.3) is 0 Å². The van der Waals surface area contributed by atoms with E-state index in [-0.39, 0.29) is 0 Å².